The van der Waals surface area contributed by atoms with Gasteiger partial charge in [0.05, 0.1) is 23.3 Å². The zero-order chi connectivity index (χ0) is 27.5. The quantitative estimate of drug-likeness (QED) is 0.276. The second-order valence-electron chi connectivity index (χ2n) is 8.74. The van der Waals surface area contributed by atoms with Crippen molar-refractivity contribution in [1.82, 2.24) is 10.2 Å². The summed E-state index contributed by atoms with van der Waals surface area (Å²) in [6.07, 6.45) is 1.07. The Hall–Kier alpha value is -3.22. The molecule has 0 heterocycles. The van der Waals surface area contributed by atoms with E-state index in [9.17, 15) is 9.59 Å². The molecule has 3 rings (SSSR count). The van der Waals surface area contributed by atoms with Crippen LogP contribution in [0, 0.1) is 0 Å². The molecule has 0 saturated carbocycles. The molecule has 0 radical (unpaired) electrons. The number of ether oxygens (including phenoxy) is 2. The van der Waals surface area contributed by atoms with Gasteiger partial charge in [-0.3, -0.25) is 9.59 Å². The van der Waals surface area contributed by atoms with E-state index in [4.69, 9.17) is 32.7 Å². The molecule has 0 unspecified atom stereocenters. The first-order valence-electron chi connectivity index (χ1n) is 12.7. The van der Waals surface area contributed by atoms with E-state index in [1.807, 2.05) is 68.4 Å². The molecule has 202 valence electrons. The molecular weight excluding hydrogens is 523 g/mol. The average Bonchev–Trinajstić information content (AvgIpc) is 2.93. The first-order valence-corrected chi connectivity index (χ1v) is 13.5. The number of nitrogens with one attached hydrogen (secondary N) is 1. The highest BCUT2D eigenvalue weighted by Crippen LogP contribution is 2.29. The van der Waals surface area contributed by atoms with Crippen molar-refractivity contribution in [2.24, 2.45) is 0 Å². The maximum Gasteiger partial charge on any atom is 0.242 e. The van der Waals surface area contributed by atoms with Crippen molar-refractivity contribution in [3.63, 3.8) is 0 Å². The van der Waals surface area contributed by atoms with E-state index in [0.717, 1.165) is 16.7 Å². The highest BCUT2D eigenvalue weighted by molar-refractivity contribution is 6.42. The van der Waals surface area contributed by atoms with Crippen molar-refractivity contribution >= 4 is 35.0 Å². The first-order chi connectivity index (χ1) is 18.4. The van der Waals surface area contributed by atoms with E-state index >= 15 is 0 Å². The van der Waals surface area contributed by atoms with Gasteiger partial charge in [0.15, 0.2) is 11.5 Å². The van der Waals surface area contributed by atoms with E-state index in [2.05, 4.69) is 5.32 Å². The van der Waals surface area contributed by atoms with Crippen molar-refractivity contribution in [3.05, 3.63) is 93.5 Å². The lowest BCUT2D eigenvalue weighted by molar-refractivity contribution is -0.141. The highest BCUT2D eigenvalue weighted by Gasteiger charge is 2.29. The standard InChI is InChI=1S/C30H34Cl2N2O4/c1-4-37-27-15-12-22(19-28(27)38-5-2)13-16-29(35)34(20-23-11-14-24(31)25(32)17-23)26(30(36)33-3)18-21-9-7-6-8-10-21/h6-12,14-15,17,19,26H,4-5,13,16,18,20H2,1-3H3,(H,33,36)/t26-/m1/s1. The first kappa shape index (κ1) is 29.3. The number of hydrogen-bond donors (Lipinski definition) is 1. The van der Waals surface area contributed by atoms with Crippen LogP contribution in [0.3, 0.4) is 0 Å². The Labute approximate surface area is 234 Å². The summed E-state index contributed by atoms with van der Waals surface area (Å²) in [4.78, 5) is 28.4. The molecule has 1 N–H and O–H groups in total. The normalized spacial score (nSPS) is 11.5. The Bertz CT molecular complexity index is 1220. The number of carbonyl (C=O) groups excluding carboxylic acids is 2. The minimum absolute atomic E-state index is 0.146. The Morgan fingerprint density at radius 2 is 1.53 bits per heavy atom. The summed E-state index contributed by atoms with van der Waals surface area (Å²) in [5.41, 5.74) is 2.69. The number of rotatable bonds is 13. The minimum atomic E-state index is -0.705. The molecule has 0 spiro atoms. The number of halogens is 2. The van der Waals surface area contributed by atoms with Gasteiger partial charge in [0, 0.05) is 26.4 Å². The van der Waals surface area contributed by atoms with Crippen LogP contribution in [0.5, 0.6) is 11.5 Å². The molecule has 0 saturated heterocycles. The third-order valence-electron chi connectivity index (χ3n) is 6.09. The lowest BCUT2D eigenvalue weighted by Gasteiger charge is -2.31. The average molecular weight is 558 g/mol. The van der Waals surface area contributed by atoms with Crippen LogP contribution in [0.2, 0.25) is 10.0 Å². The Balaban J connectivity index is 1.88. The lowest BCUT2D eigenvalue weighted by Crippen LogP contribution is -2.49. The SMILES string of the molecule is CCOc1ccc(CCC(=O)N(Cc2ccc(Cl)c(Cl)c2)[C@H](Cc2ccccc2)C(=O)NC)cc1OCC. The number of benzene rings is 3. The molecule has 0 aliphatic carbocycles. The molecule has 6 nitrogen and oxygen atoms in total. The van der Waals surface area contributed by atoms with Crippen LogP contribution < -0.4 is 14.8 Å². The van der Waals surface area contributed by atoms with Gasteiger partial charge >= 0.3 is 0 Å². The van der Waals surface area contributed by atoms with Crippen molar-refractivity contribution in [2.45, 2.75) is 45.7 Å². The van der Waals surface area contributed by atoms with Gasteiger partial charge in [-0.05, 0) is 61.2 Å². The van der Waals surface area contributed by atoms with Crippen LogP contribution in [0.1, 0.15) is 37.0 Å². The van der Waals surface area contributed by atoms with Gasteiger partial charge in [0.25, 0.3) is 0 Å². The maximum atomic E-state index is 13.7. The number of likely N-dealkylation sites (N-methyl/N-ethyl adjacent to an activating group) is 1. The van der Waals surface area contributed by atoms with Crippen LogP contribution in [-0.4, -0.2) is 43.0 Å². The molecule has 0 aliphatic rings. The summed E-state index contributed by atoms with van der Waals surface area (Å²) in [5.74, 6) is 0.946. The van der Waals surface area contributed by atoms with Crippen LogP contribution in [0.15, 0.2) is 66.7 Å². The molecule has 0 fully saturated rings. The fraction of sp³-hybridized carbons (Fsp3) is 0.333. The van der Waals surface area contributed by atoms with E-state index in [-0.39, 0.29) is 24.8 Å². The summed E-state index contributed by atoms with van der Waals surface area (Å²) < 4.78 is 11.4. The smallest absolute Gasteiger partial charge is 0.242 e. The molecule has 0 bridgehead atoms. The summed E-state index contributed by atoms with van der Waals surface area (Å²) >= 11 is 12.4. The zero-order valence-electron chi connectivity index (χ0n) is 22.0. The number of carbonyl (C=O) groups is 2. The molecule has 2 amide bonds. The van der Waals surface area contributed by atoms with E-state index in [1.165, 1.54) is 0 Å². The fourth-order valence-electron chi connectivity index (χ4n) is 4.20. The topological polar surface area (TPSA) is 67.9 Å². The highest BCUT2D eigenvalue weighted by atomic mass is 35.5. The Morgan fingerprint density at radius 1 is 0.842 bits per heavy atom. The molecule has 8 heteroatoms. The van der Waals surface area contributed by atoms with Gasteiger partial charge in [-0.1, -0.05) is 65.7 Å². The monoisotopic (exact) mass is 556 g/mol. The van der Waals surface area contributed by atoms with Crippen LogP contribution in [0.4, 0.5) is 0 Å². The predicted octanol–water partition coefficient (Wildman–Crippen LogP) is 6.11. The van der Waals surface area contributed by atoms with Crippen LogP contribution in [0.25, 0.3) is 0 Å². The Kier molecular flexibility index (Phi) is 11.3. The van der Waals surface area contributed by atoms with Crippen molar-refractivity contribution < 1.29 is 19.1 Å². The third kappa shape index (κ3) is 8.14. The molecule has 0 aromatic heterocycles. The molecular formula is C30H34Cl2N2O4. The lowest BCUT2D eigenvalue weighted by atomic mass is 10.0. The van der Waals surface area contributed by atoms with Gasteiger partial charge in [-0.15, -0.1) is 0 Å². The maximum absolute atomic E-state index is 13.7. The fourth-order valence-corrected chi connectivity index (χ4v) is 4.52. The number of aryl methyl sites for hydroxylation is 1. The van der Waals surface area contributed by atoms with Gasteiger partial charge in [-0.25, -0.2) is 0 Å². The number of nitrogens with zero attached hydrogens (tertiary/aromatic N) is 1. The summed E-state index contributed by atoms with van der Waals surface area (Å²) in [6.45, 7) is 5.09. The van der Waals surface area contributed by atoms with Gasteiger partial charge < -0.3 is 19.7 Å². The largest absolute Gasteiger partial charge is 0.490 e. The molecule has 0 aliphatic heterocycles. The van der Waals surface area contributed by atoms with E-state index in [1.54, 1.807) is 24.1 Å². The summed E-state index contributed by atoms with van der Waals surface area (Å²) in [5, 5.41) is 3.56. The minimum Gasteiger partial charge on any atom is -0.490 e. The summed E-state index contributed by atoms with van der Waals surface area (Å²) in [6, 6.07) is 19.9. The predicted molar refractivity (Wildman–Crippen MR) is 152 cm³/mol. The van der Waals surface area contributed by atoms with Crippen molar-refractivity contribution in [2.75, 3.05) is 20.3 Å². The van der Waals surface area contributed by atoms with Gasteiger partial charge in [-0.2, -0.15) is 0 Å². The third-order valence-corrected chi connectivity index (χ3v) is 6.83. The Morgan fingerprint density at radius 3 is 2.18 bits per heavy atom. The number of hydrogen-bond acceptors (Lipinski definition) is 4. The second kappa shape index (κ2) is 14.6. The van der Waals surface area contributed by atoms with Crippen LogP contribution >= 0.6 is 23.2 Å². The van der Waals surface area contributed by atoms with Gasteiger partial charge in [0.1, 0.15) is 6.04 Å². The number of amides is 2. The van der Waals surface area contributed by atoms with Crippen molar-refractivity contribution in [1.29, 1.82) is 0 Å². The summed E-state index contributed by atoms with van der Waals surface area (Å²) in [7, 11) is 1.58. The second-order valence-corrected chi connectivity index (χ2v) is 9.55. The van der Waals surface area contributed by atoms with Crippen molar-refractivity contribution in [3.8, 4) is 11.5 Å². The van der Waals surface area contributed by atoms with E-state index < -0.39 is 6.04 Å². The molecule has 3 aromatic rings. The zero-order valence-corrected chi connectivity index (χ0v) is 23.5. The van der Waals surface area contributed by atoms with Crippen LogP contribution in [-0.2, 0) is 29.0 Å². The van der Waals surface area contributed by atoms with E-state index in [0.29, 0.717) is 47.6 Å². The molecule has 1 atom stereocenters. The molecule has 38 heavy (non-hydrogen) atoms. The molecule has 3 aromatic carbocycles. The van der Waals surface area contributed by atoms with Gasteiger partial charge in [0.2, 0.25) is 11.8 Å².